The molecule has 0 saturated carbocycles. The number of ether oxygens (including phenoxy) is 1. The third-order valence-electron chi connectivity index (χ3n) is 3.01. The second kappa shape index (κ2) is 5.13. The van der Waals surface area contributed by atoms with Gasteiger partial charge in [-0.2, -0.15) is 0 Å². The fraction of sp³-hybridized carbons (Fsp3) is 0.214. The summed E-state index contributed by atoms with van der Waals surface area (Å²) in [4.78, 5) is 4.50. The average Bonchev–Trinajstić information content (AvgIpc) is 2.38. The van der Waals surface area contributed by atoms with E-state index in [0.717, 1.165) is 5.56 Å². The molecule has 0 aliphatic heterocycles. The molecule has 5 nitrogen and oxygen atoms in total. The van der Waals surface area contributed by atoms with E-state index in [2.05, 4.69) is 4.98 Å². The van der Waals surface area contributed by atoms with Crippen LogP contribution in [0.1, 0.15) is 5.69 Å². The lowest BCUT2D eigenvalue weighted by molar-refractivity contribution is 0.409. The Bertz CT molecular complexity index is 738. The van der Waals surface area contributed by atoms with E-state index < -0.39 is 9.84 Å². The predicted molar refractivity (Wildman–Crippen MR) is 78.5 cm³/mol. The van der Waals surface area contributed by atoms with E-state index in [1.165, 1.54) is 6.26 Å². The molecule has 0 aliphatic carbocycles. The van der Waals surface area contributed by atoms with Gasteiger partial charge in [0.05, 0.1) is 17.7 Å². The number of aryl methyl sites for hydroxylation is 1. The molecule has 0 atom stereocenters. The molecule has 6 heteroatoms. The van der Waals surface area contributed by atoms with Crippen LogP contribution in [-0.4, -0.2) is 26.8 Å². The van der Waals surface area contributed by atoms with Crippen LogP contribution in [0.5, 0.6) is 5.75 Å². The predicted octanol–water partition coefficient (Wildman–Crippen LogP) is 2.05. The fourth-order valence-electron chi connectivity index (χ4n) is 1.93. The van der Waals surface area contributed by atoms with Gasteiger partial charge in [-0.3, -0.25) is 0 Å². The summed E-state index contributed by atoms with van der Waals surface area (Å²) in [5.74, 6) is 1.02. The topological polar surface area (TPSA) is 82.3 Å². The maximum Gasteiger partial charge on any atom is 0.175 e. The molecule has 1 aromatic heterocycles. The SMILES string of the molecule is COc1cc(-c2ccc(S(C)(=O)=O)cc2)c(N)nc1C. The standard InChI is InChI=1S/C14H16N2O3S/c1-9-13(19-2)8-12(14(15)16-9)10-4-6-11(7-5-10)20(3,17)18/h4-8H,1-3H3,(H2,15,16). The molecular weight excluding hydrogens is 276 g/mol. The highest BCUT2D eigenvalue weighted by atomic mass is 32.2. The highest BCUT2D eigenvalue weighted by molar-refractivity contribution is 7.90. The number of aromatic nitrogens is 1. The Morgan fingerprint density at radius 2 is 1.80 bits per heavy atom. The van der Waals surface area contributed by atoms with Gasteiger partial charge in [0.25, 0.3) is 0 Å². The van der Waals surface area contributed by atoms with Crippen LogP contribution in [0, 0.1) is 6.92 Å². The van der Waals surface area contributed by atoms with Gasteiger partial charge >= 0.3 is 0 Å². The van der Waals surface area contributed by atoms with Gasteiger partial charge in [-0.1, -0.05) is 12.1 Å². The monoisotopic (exact) mass is 292 g/mol. The number of sulfone groups is 1. The van der Waals surface area contributed by atoms with Gasteiger partial charge in [-0.25, -0.2) is 13.4 Å². The van der Waals surface area contributed by atoms with E-state index in [1.807, 2.05) is 6.92 Å². The molecule has 0 radical (unpaired) electrons. The van der Waals surface area contributed by atoms with Crippen LogP contribution < -0.4 is 10.5 Å². The number of nitrogens with two attached hydrogens (primary N) is 1. The highest BCUT2D eigenvalue weighted by Gasteiger charge is 2.11. The second-order valence-electron chi connectivity index (χ2n) is 4.51. The summed E-state index contributed by atoms with van der Waals surface area (Å²) in [7, 11) is -1.64. The first-order chi connectivity index (χ1) is 9.32. The zero-order valence-corrected chi connectivity index (χ0v) is 12.4. The van der Waals surface area contributed by atoms with E-state index in [0.29, 0.717) is 22.8 Å². The number of pyridine rings is 1. The fourth-order valence-corrected chi connectivity index (χ4v) is 2.56. The molecule has 1 heterocycles. The van der Waals surface area contributed by atoms with Crippen molar-refractivity contribution >= 4 is 15.7 Å². The zero-order chi connectivity index (χ0) is 14.9. The minimum Gasteiger partial charge on any atom is -0.495 e. The minimum absolute atomic E-state index is 0.270. The Hall–Kier alpha value is -2.08. The number of nitrogen functional groups attached to an aromatic ring is 1. The van der Waals surface area contributed by atoms with Crippen LogP contribution in [0.2, 0.25) is 0 Å². The molecule has 0 fully saturated rings. The molecule has 2 aromatic rings. The summed E-state index contributed by atoms with van der Waals surface area (Å²) >= 11 is 0. The van der Waals surface area contributed by atoms with Crippen molar-refractivity contribution in [3.63, 3.8) is 0 Å². The van der Waals surface area contributed by atoms with Gasteiger partial charge in [-0.15, -0.1) is 0 Å². The second-order valence-corrected chi connectivity index (χ2v) is 6.52. The average molecular weight is 292 g/mol. The number of hydrogen-bond donors (Lipinski definition) is 1. The molecule has 0 bridgehead atoms. The lowest BCUT2D eigenvalue weighted by atomic mass is 10.1. The maximum atomic E-state index is 11.4. The number of methoxy groups -OCH3 is 1. The van der Waals surface area contributed by atoms with Crippen LogP contribution in [0.3, 0.4) is 0 Å². The summed E-state index contributed by atoms with van der Waals surface area (Å²) < 4.78 is 28.1. The van der Waals surface area contributed by atoms with Crippen molar-refractivity contribution in [3.05, 3.63) is 36.0 Å². The van der Waals surface area contributed by atoms with E-state index in [9.17, 15) is 8.42 Å². The lowest BCUT2D eigenvalue weighted by Crippen LogP contribution is -2.00. The molecular formula is C14H16N2O3S. The van der Waals surface area contributed by atoms with E-state index in [1.54, 1.807) is 37.4 Å². The lowest BCUT2D eigenvalue weighted by Gasteiger charge is -2.10. The summed E-state index contributed by atoms with van der Waals surface area (Å²) in [5.41, 5.74) is 8.13. The van der Waals surface area contributed by atoms with Gasteiger partial charge in [-0.05, 0) is 30.7 Å². The largest absolute Gasteiger partial charge is 0.495 e. The Morgan fingerprint density at radius 3 is 2.30 bits per heavy atom. The highest BCUT2D eigenvalue weighted by Crippen LogP contribution is 2.30. The summed E-state index contributed by atoms with van der Waals surface area (Å²) in [6, 6.07) is 8.32. The number of benzene rings is 1. The summed E-state index contributed by atoms with van der Waals surface area (Å²) in [6.45, 7) is 1.81. The van der Waals surface area contributed by atoms with Crippen LogP contribution in [0.15, 0.2) is 35.2 Å². The number of rotatable bonds is 3. The number of nitrogens with zero attached hydrogens (tertiary/aromatic N) is 1. The Morgan fingerprint density at radius 1 is 1.20 bits per heavy atom. The first-order valence-corrected chi connectivity index (χ1v) is 7.83. The third-order valence-corrected chi connectivity index (χ3v) is 4.14. The van der Waals surface area contributed by atoms with Crippen molar-refractivity contribution in [1.82, 2.24) is 4.98 Å². The van der Waals surface area contributed by atoms with Crippen molar-refractivity contribution in [2.24, 2.45) is 0 Å². The summed E-state index contributed by atoms with van der Waals surface area (Å²) in [5, 5.41) is 0. The molecule has 106 valence electrons. The minimum atomic E-state index is -3.20. The first-order valence-electron chi connectivity index (χ1n) is 5.94. The van der Waals surface area contributed by atoms with Crippen LogP contribution in [0.25, 0.3) is 11.1 Å². The van der Waals surface area contributed by atoms with E-state index in [-0.39, 0.29) is 4.90 Å². The molecule has 0 aliphatic rings. The van der Waals surface area contributed by atoms with Crippen molar-refractivity contribution in [2.75, 3.05) is 19.1 Å². The van der Waals surface area contributed by atoms with Gasteiger partial charge in [0.2, 0.25) is 0 Å². The molecule has 0 spiro atoms. The molecule has 0 amide bonds. The molecule has 2 rings (SSSR count). The molecule has 0 unspecified atom stereocenters. The van der Waals surface area contributed by atoms with Crippen molar-refractivity contribution in [2.45, 2.75) is 11.8 Å². The molecule has 20 heavy (non-hydrogen) atoms. The normalized spacial score (nSPS) is 11.3. The Labute approximate surface area is 118 Å². The van der Waals surface area contributed by atoms with E-state index >= 15 is 0 Å². The number of hydrogen-bond acceptors (Lipinski definition) is 5. The van der Waals surface area contributed by atoms with Gasteiger partial charge in [0.1, 0.15) is 11.6 Å². The Balaban J connectivity index is 2.52. The van der Waals surface area contributed by atoms with Crippen LogP contribution >= 0.6 is 0 Å². The third kappa shape index (κ3) is 2.75. The maximum absolute atomic E-state index is 11.4. The van der Waals surface area contributed by atoms with Crippen molar-refractivity contribution in [1.29, 1.82) is 0 Å². The quantitative estimate of drug-likeness (QED) is 0.936. The summed E-state index contributed by atoms with van der Waals surface area (Å²) in [6.07, 6.45) is 1.17. The molecule has 2 N–H and O–H groups in total. The van der Waals surface area contributed by atoms with Gasteiger partial charge < -0.3 is 10.5 Å². The van der Waals surface area contributed by atoms with Crippen LogP contribution in [-0.2, 0) is 9.84 Å². The smallest absolute Gasteiger partial charge is 0.175 e. The van der Waals surface area contributed by atoms with Crippen molar-refractivity contribution in [3.8, 4) is 16.9 Å². The molecule has 0 saturated heterocycles. The zero-order valence-electron chi connectivity index (χ0n) is 11.5. The van der Waals surface area contributed by atoms with Crippen molar-refractivity contribution < 1.29 is 13.2 Å². The van der Waals surface area contributed by atoms with Gasteiger partial charge in [0.15, 0.2) is 9.84 Å². The van der Waals surface area contributed by atoms with Gasteiger partial charge in [0, 0.05) is 11.8 Å². The first kappa shape index (κ1) is 14.3. The number of anilines is 1. The van der Waals surface area contributed by atoms with Crippen LogP contribution in [0.4, 0.5) is 5.82 Å². The van der Waals surface area contributed by atoms with E-state index in [4.69, 9.17) is 10.5 Å². The Kier molecular flexibility index (Phi) is 3.67. The molecule has 1 aromatic carbocycles.